The lowest BCUT2D eigenvalue weighted by Gasteiger charge is -1.90. The van der Waals surface area contributed by atoms with Crippen LogP contribution < -0.4 is 0 Å². The van der Waals surface area contributed by atoms with Gasteiger partial charge < -0.3 is 4.74 Å². The maximum Gasteiger partial charge on any atom is 0.0565 e. The Kier molecular flexibility index (Phi) is 5.58. The molecule has 0 rings (SSSR count). The molecule has 0 atom stereocenters. The summed E-state index contributed by atoms with van der Waals surface area (Å²) in [7, 11) is 0. The van der Waals surface area contributed by atoms with Gasteiger partial charge >= 0.3 is 0 Å². The Morgan fingerprint density at radius 2 is 2.33 bits per heavy atom. The zero-order chi connectivity index (χ0) is 4.83. The third-order valence-corrected chi connectivity index (χ3v) is 0.539. The van der Waals surface area contributed by atoms with Crippen LogP contribution in [0.2, 0.25) is 0 Å². The molecule has 0 amide bonds. The fourth-order valence-electron chi connectivity index (χ4n) is 0.161. The number of ether oxygens (including phenoxy) is 1. The van der Waals surface area contributed by atoms with Crippen LogP contribution in [0.4, 0.5) is 0 Å². The van der Waals surface area contributed by atoms with Crippen molar-refractivity contribution in [2.75, 3.05) is 19.0 Å². The van der Waals surface area contributed by atoms with Crippen LogP contribution in [0.5, 0.6) is 0 Å². The van der Waals surface area contributed by atoms with Gasteiger partial charge in [-0.2, -0.15) is 0 Å². The summed E-state index contributed by atoms with van der Waals surface area (Å²) in [6.45, 7) is 4.66. The molecule has 0 aliphatic rings. The van der Waals surface area contributed by atoms with Crippen molar-refractivity contribution in [1.29, 1.82) is 0 Å². The van der Waals surface area contributed by atoms with E-state index in [0.29, 0.717) is 19.0 Å². The Hall–Kier alpha value is 0.310. The van der Waals surface area contributed by atoms with Crippen LogP contribution in [0.3, 0.4) is 0 Å². The average molecular weight is 104 g/mol. The molecule has 2 radical (unpaired) electrons. The van der Waals surface area contributed by atoms with E-state index in [1.54, 1.807) is 0 Å². The molecule has 0 saturated carbocycles. The molecule has 0 fully saturated rings. The van der Waals surface area contributed by atoms with Gasteiger partial charge in [-0.15, -0.1) is 0 Å². The third kappa shape index (κ3) is 4.31. The summed E-state index contributed by atoms with van der Waals surface area (Å²) in [4.78, 5) is 0. The average Bonchev–Trinajstić information content (AvgIpc) is 1.61. The first-order valence-corrected chi connectivity index (χ1v) is 2.44. The summed E-state index contributed by atoms with van der Waals surface area (Å²) in [6.07, 6.45) is 0. The molecule has 0 spiro atoms. The highest BCUT2D eigenvalue weighted by Gasteiger charge is 1.74. The minimum Gasteiger partial charge on any atom is -0.381 e. The first kappa shape index (κ1) is 6.31. The second-order valence-electron chi connectivity index (χ2n) is 0.816. The van der Waals surface area contributed by atoms with Crippen molar-refractivity contribution >= 4 is 12.6 Å². The molecule has 0 saturated heterocycles. The van der Waals surface area contributed by atoms with Crippen molar-refractivity contribution in [3.05, 3.63) is 6.92 Å². The van der Waals surface area contributed by atoms with Crippen LogP contribution in [-0.4, -0.2) is 19.0 Å². The van der Waals surface area contributed by atoms with E-state index in [4.69, 9.17) is 4.74 Å². The molecule has 1 nitrogen and oxygen atoms in total. The van der Waals surface area contributed by atoms with Crippen molar-refractivity contribution in [2.24, 2.45) is 0 Å². The van der Waals surface area contributed by atoms with Gasteiger partial charge in [0.2, 0.25) is 0 Å². The van der Waals surface area contributed by atoms with E-state index in [1.165, 1.54) is 0 Å². The summed E-state index contributed by atoms with van der Waals surface area (Å²) < 4.78 is 4.77. The van der Waals surface area contributed by atoms with Crippen LogP contribution in [0.1, 0.15) is 0 Å². The maximum atomic E-state index is 4.77. The Morgan fingerprint density at radius 3 is 2.50 bits per heavy atom. The molecular formula is C4H8OS. The van der Waals surface area contributed by atoms with E-state index in [0.717, 1.165) is 0 Å². The van der Waals surface area contributed by atoms with E-state index in [2.05, 4.69) is 19.6 Å². The summed E-state index contributed by atoms with van der Waals surface area (Å²) >= 11 is 4.56. The smallest absolute Gasteiger partial charge is 0.0565 e. The third-order valence-electron chi connectivity index (χ3n) is 0.372. The van der Waals surface area contributed by atoms with Gasteiger partial charge in [0, 0.05) is 12.4 Å². The van der Waals surface area contributed by atoms with Gasteiger partial charge in [0.1, 0.15) is 0 Å². The lowest BCUT2D eigenvalue weighted by molar-refractivity contribution is 0.179. The van der Waals surface area contributed by atoms with Crippen molar-refractivity contribution in [1.82, 2.24) is 0 Å². The van der Waals surface area contributed by atoms with E-state index in [9.17, 15) is 0 Å². The second-order valence-corrected chi connectivity index (χ2v) is 1.22. The molecule has 0 aromatic heterocycles. The predicted molar refractivity (Wildman–Crippen MR) is 28.6 cm³/mol. The van der Waals surface area contributed by atoms with Gasteiger partial charge in [-0.25, -0.2) is 0 Å². The van der Waals surface area contributed by atoms with Crippen LogP contribution in [0.15, 0.2) is 0 Å². The zero-order valence-electron chi connectivity index (χ0n) is 3.64. The number of rotatable bonds is 3. The fraction of sp³-hybridized carbons (Fsp3) is 0.750. The Bertz CT molecular complexity index is 19.5. The van der Waals surface area contributed by atoms with Crippen LogP contribution >= 0.6 is 12.6 Å². The molecule has 0 bridgehead atoms. The van der Waals surface area contributed by atoms with E-state index in [1.807, 2.05) is 0 Å². The van der Waals surface area contributed by atoms with Gasteiger partial charge in [0.05, 0.1) is 6.61 Å². The van der Waals surface area contributed by atoms with Gasteiger partial charge in [-0.3, -0.25) is 0 Å². The van der Waals surface area contributed by atoms with Crippen LogP contribution in [0, 0.1) is 6.92 Å². The SMILES string of the molecule is [CH2]COCC[S]. The Balaban J connectivity index is 2.34. The minimum atomic E-state index is 0.538. The van der Waals surface area contributed by atoms with Gasteiger partial charge in [0.25, 0.3) is 0 Å². The van der Waals surface area contributed by atoms with Crippen molar-refractivity contribution in [3.8, 4) is 0 Å². The quantitative estimate of drug-likeness (QED) is 0.486. The molecule has 0 unspecified atom stereocenters. The highest BCUT2D eigenvalue weighted by atomic mass is 32.1. The molecule has 0 aromatic rings. The second kappa shape index (κ2) is 5.31. The molecule has 6 heavy (non-hydrogen) atoms. The van der Waals surface area contributed by atoms with E-state index in [-0.39, 0.29) is 0 Å². The number of hydrogen-bond acceptors (Lipinski definition) is 1. The standard InChI is InChI=1S/C4H8OS/c1-2-5-3-4-6/h1-4H2. The lowest BCUT2D eigenvalue weighted by Crippen LogP contribution is -1.92. The molecule has 0 N–H and O–H groups in total. The molecule has 0 aliphatic heterocycles. The van der Waals surface area contributed by atoms with Crippen molar-refractivity contribution in [3.63, 3.8) is 0 Å². The van der Waals surface area contributed by atoms with E-state index >= 15 is 0 Å². The monoisotopic (exact) mass is 104 g/mol. The molecule has 0 aromatic carbocycles. The summed E-state index contributed by atoms with van der Waals surface area (Å²) in [5.74, 6) is 0.676. The van der Waals surface area contributed by atoms with Gasteiger partial charge in [-0.05, 0) is 6.92 Å². The molecule has 0 aliphatic carbocycles. The van der Waals surface area contributed by atoms with Crippen molar-refractivity contribution in [2.45, 2.75) is 0 Å². The minimum absolute atomic E-state index is 0.538. The summed E-state index contributed by atoms with van der Waals surface area (Å²) in [5.41, 5.74) is 0. The lowest BCUT2D eigenvalue weighted by atomic mass is 10.8. The highest BCUT2D eigenvalue weighted by Crippen LogP contribution is 1.74. The first-order valence-electron chi connectivity index (χ1n) is 1.87. The zero-order valence-corrected chi connectivity index (χ0v) is 4.46. The normalized spacial score (nSPS) is 9.00. The number of hydrogen-bond donors (Lipinski definition) is 0. The van der Waals surface area contributed by atoms with E-state index < -0.39 is 0 Å². The summed E-state index contributed by atoms with van der Waals surface area (Å²) in [5, 5.41) is 0. The summed E-state index contributed by atoms with van der Waals surface area (Å²) in [6, 6.07) is 0. The highest BCUT2D eigenvalue weighted by molar-refractivity contribution is 7.80. The predicted octanol–water partition coefficient (Wildman–Crippen LogP) is 1.03. The Morgan fingerprint density at radius 1 is 1.67 bits per heavy atom. The van der Waals surface area contributed by atoms with Crippen LogP contribution in [0.25, 0.3) is 0 Å². The first-order chi connectivity index (χ1) is 2.91. The van der Waals surface area contributed by atoms with Gasteiger partial charge in [0.15, 0.2) is 0 Å². The van der Waals surface area contributed by atoms with Crippen molar-refractivity contribution < 1.29 is 4.74 Å². The molecular weight excluding hydrogens is 96.1 g/mol. The van der Waals surface area contributed by atoms with Crippen LogP contribution in [-0.2, 0) is 4.74 Å². The molecule has 36 valence electrons. The van der Waals surface area contributed by atoms with Gasteiger partial charge in [-0.1, -0.05) is 12.6 Å². The molecule has 0 heterocycles. The molecule has 2 heteroatoms. The Labute approximate surface area is 44.1 Å². The maximum absolute atomic E-state index is 4.77. The fourth-order valence-corrected chi connectivity index (χ4v) is 0.279. The largest absolute Gasteiger partial charge is 0.381 e. The topological polar surface area (TPSA) is 9.23 Å².